The maximum absolute atomic E-state index is 9.48. The number of aromatic hydroxyl groups is 2. The predicted molar refractivity (Wildman–Crippen MR) is 127 cm³/mol. The number of hydrogen-bond acceptors (Lipinski definition) is 7. The van der Waals surface area contributed by atoms with Crippen molar-refractivity contribution in [2.24, 2.45) is 20.0 Å². The van der Waals surface area contributed by atoms with E-state index in [2.05, 4.69) is 9.98 Å². The molecular formula is C25H19N5O2. The van der Waals surface area contributed by atoms with Crippen molar-refractivity contribution >= 4 is 35.6 Å². The number of fused-ring (bicyclic) bond motifs is 3. The van der Waals surface area contributed by atoms with Gasteiger partial charge in [0.25, 0.3) is 0 Å². The van der Waals surface area contributed by atoms with Gasteiger partial charge in [-0.15, -0.1) is 0 Å². The number of rotatable bonds is 3. The fourth-order valence-electron chi connectivity index (χ4n) is 3.37. The highest BCUT2D eigenvalue weighted by Gasteiger charge is 2.27. The summed E-state index contributed by atoms with van der Waals surface area (Å²) in [5, 5.41) is 18.9. The number of phenolic OH excluding ortho intramolecular Hbond substituents is 2. The minimum Gasteiger partial charge on any atom is -0.508 e. The molecule has 5 rings (SSSR count). The van der Waals surface area contributed by atoms with Gasteiger partial charge in [-0.25, -0.2) is 15.0 Å². The molecule has 156 valence electrons. The molecule has 0 bridgehead atoms. The Labute approximate surface area is 184 Å². The lowest BCUT2D eigenvalue weighted by molar-refractivity contribution is 0.474. The van der Waals surface area contributed by atoms with Gasteiger partial charge in [0, 0.05) is 11.8 Å². The van der Waals surface area contributed by atoms with Crippen molar-refractivity contribution in [3.63, 3.8) is 0 Å². The predicted octanol–water partition coefficient (Wildman–Crippen LogP) is 4.35. The molecular weight excluding hydrogens is 402 g/mol. The smallest absolute Gasteiger partial charge is 0.248 e. The molecule has 2 N–H and O–H groups in total. The van der Waals surface area contributed by atoms with Crippen LogP contribution in [0.25, 0.3) is 6.08 Å². The molecule has 2 aliphatic rings. The Morgan fingerprint density at radius 2 is 1.47 bits per heavy atom. The van der Waals surface area contributed by atoms with Gasteiger partial charge in [-0.2, -0.15) is 4.99 Å². The van der Waals surface area contributed by atoms with Crippen LogP contribution < -0.4 is 0 Å². The average molecular weight is 421 g/mol. The fourth-order valence-corrected chi connectivity index (χ4v) is 3.37. The zero-order valence-electron chi connectivity index (χ0n) is 17.0. The highest BCUT2D eigenvalue weighted by molar-refractivity contribution is 6.22. The van der Waals surface area contributed by atoms with Crippen LogP contribution in [-0.4, -0.2) is 45.6 Å². The van der Waals surface area contributed by atoms with Gasteiger partial charge in [-0.05, 0) is 65.7 Å². The molecule has 0 saturated heterocycles. The zero-order valence-corrected chi connectivity index (χ0v) is 17.0. The summed E-state index contributed by atoms with van der Waals surface area (Å²) >= 11 is 0. The average Bonchev–Trinajstić information content (AvgIpc) is 2.83. The minimum atomic E-state index is 0.207. The third-order valence-corrected chi connectivity index (χ3v) is 5.01. The molecule has 0 aliphatic carbocycles. The number of amidine groups is 2. The Balaban J connectivity index is 1.45. The minimum absolute atomic E-state index is 0.207. The van der Waals surface area contributed by atoms with E-state index in [9.17, 15) is 10.2 Å². The second-order valence-corrected chi connectivity index (χ2v) is 7.22. The van der Waals surface area contributed by atoms with Crippen LogP contribution in [0.15, 0.2) is 98.8 Å². The quantitative estimate of drug-likeness (QED) is 0.616. The number of nitrogens with zero attached hydrogens (tertiary/aromatic N) is 5. The summed E-state index contributed by atoms with van der Waals surface area (Å²) in [5.74, 6) is 2.28. The zero-order chi connectivity index (χ0) is 21.9. The molecule has 2 heterocycles. The number of para-hydroxylation sites is 1. The molecule has 32 heavy (non-hydrogen) atoms. The Morgan fingerprint density at radius 3 is 2.22 bits per heavy atom. The van der Waals surface area contributed by atoms with Crippen LogP contribution in [0.2, 0.25) is 0 Å². The molecule has 0 fully saturated rings. The van der Waals surface area contributed by atoms with Crippen LogP contribution >= 0.6 is 0 Å². The summed E-state index contributed by atoms with van der Waals surface area (Å²) in [6.07, 6.45) is 5.52. The second-order valence-electron chi connectivity index (χ2n) is 7.22. The first kappa shape index (κ1) is 19.4. The van der Waals surface area contributed by atoms with E-state index in [1.54, 1.807) is 42.6 Å². The number of benzene rings is 3. The second kappa shape index (κ2) is 8.31. The van der Waals surface area contributed by atoms with E-state index in [-0.39, 0.29) is 11.5 Å². The van der Waals surface area contributed by atoms with Gasteiger partial charge in [-0.3, -0.25) is 4.90 Å². The highest BCUT2D eigenvalue weighted by atomic mass is 16.3. The van der Waals surface area contributed by atoms with Gasteiger partial charge in [0.15, 0.2) is 0 Å². The van der Waals surface area contributed by atoms with Crippen LogP contribution in [-0.2, 0) is 0 Å². The summed E-state index contributed by atoms with van der Waals surface area (Å²) < 4.78 is 0. The monoisotopic (exact) mass is 421 g/mol. The van der Waals surface area contributed by atoms with Crippen LogP contribution in [0.4, 0.5) is 5.69 Å². The van der Waals surface area contributed by atoms with Gasteiger partial charge in [-0.1, -0.05) is 30.3 Å². The first-order chi connectivity index (χ1) is 15.7. The molecule has 2 aliphatic heterocycles. The number of aliphatic imine (C=N–C) groups is 4. The number of phenols is 2. The molecule has 0 amide bonds. The van der Waals surface area contributed by atoms with Gasteiger partial charge >= 0.3 is 0 Å². The van der Waals surface area contributed by atoms with Gasteiger partial charge in [0.2, 0.25) is 5.96 Å². The molecule has 0 aromatic heterocycles. The van der Waals surface area contributed by atoms with Crippen molar-refractivity contribution in [1.82, 2.24) is 4.90 Å². The van der Waals surface area contributed by atoms with Crippen LogP contribution in [0.1, 0.15) is 16.7 Å². The van der Waals surface area contributed by atoms with E-state index in [4.69, 9.17) is 9.98 Å². The Hall–Kier alpha value is -4.52. The van der Waals surface area contributed by atoms with E-state index < -0.39 is 0 Å². The molecule has 0 atom stereocenters. The normalized spacial score (nSPS) is 15.2. The molecule has 3 aromatic carbocycles. The number of hydrogen-bond donors (Lipinski definition) is 2. The summed E-state index contributed by atoms with van der Waals surface area (Å²) in [7, 11) is 0. The third kappa shape index (κ3) is 4.04. The van der Waals surface area contributed by atoms with Crippen LogP contribution in [0.3, 0.4) is 0 Å². The van der Waals surface area contributed by atoms with Crippen molar-refractivity contribution < 1.29 is 10.2 Å². The number of guanidine groups is 1. The largest absolute Gasteiger partial charge is 0.508 e. The first-order valence-electron chi connectivity index (χ1n) is 10.0. The fraction of sp³-hybridized carbons (Fsp3) is 0.0400. The van der Waals surface area contributed by atoms with Crippen molar-refractivity contribution in [2.45, 2.75) is 0 Å². The standard InChI is InChI=1S/C25H19N5O2/c31-19-10-5-17(6-11-19)9-14-23-28-22-4-2-1-3-21(22)24-29-25(27-16-30(23)24)26-15-18-7-12-20(32)13-8-18/h1-15,31-32H,16H2/b14-9+,26-15?. The summed E-state index contributed by atoms with van der Waals surface area (Å²) in [6.45, 7) is 0.341. The molecule has 7 nitrogen and oxygen atoms in total. The lowest BCUT2D eigenvalue weighted by Gasteiger charge is -2.31. The van der Waals surface area contributed by atoms with Gasteiger partial charge in [0.1, 0.15) is 29.8 Å². The topological polar surface area (TPSA) is 93.1 Å². The van der Waals surface area contributed by atoms with E-state index in [0.29, 0.717) is 12.6 Å². The van der Waals surface area contributed by atoms with Crippen molar-refractivity contribution in [2.75, 3.05) is 6.67 Å². The lowest BCUT2D eigenvalue weighted by Crippen LogP contribution is -2.41. The van der Waals surface area contributed by atoms with Gasteiger partial charge < -0.3 is 10.2 Å². The van der Waals surface area contributed by atoms with Crippen molar-refractivity contribution in [3.8, 4) is 11.5 Å². The molecule has 3 aromatic rings. The third-order valence-electron chi connectivity index (χ3n) is 5.01. The molecule has 0 spiro atoms. The lowest BCUT2D eigenvalue weighted by atomic mass is 10.1. The van der Waals surface area contributed by atoms with Crippen molar-refractivity contribution in [1.29, 1.82) is 0 Å². The molecule has 0 radical (unpaired) electrons. The summed E-state index contributed by atoms with van der Waals surface area (Å²) in [6, 6.07) is 21.6. The van der Waals surface area contributed by atoms with E-state index in [0.717, 1.165) is 34.0 Å². The maximum atomic E-state index is 9.48. The van der Waals surface area contributed by atoms with Crippen molar-refractivity contribution in [3.05, 3.63) is 95.6 Å². The molecule has 0 unspecified atom stereocenters. The Bertz CT molecular complexity index is 1300. The maximum Gasteiger partial charge on any atom is 0.248 e. The highest BCUT2D eigenvalue weighted by Crippen LogP contribution is 2.28. The van der Waals surface area contributed by atoms with E-state index >= 15 is 0 Å². The van der Waals surface area contributed by atoms with E-state index in [1.165, 1.54) is 0 Å². The van der Waals surface area contributed by atoms with Crippen LogP contribution in [0.5, 0.6) is 11.5 Å². The first-order valence-corrected chi connectivity index (χ1v) is 10.0. The van der Waals surface area contributed by atoms with Crippen LogP contribution in [0, 0.1) is 0 Å². The Kier molecular flexibility index (Phi) is 5.05. The van der Waals surface area contributed by atoms with E-state index in [1.807, 2.05) is 53.5 Å². The SMILES string of the molecule is Oc1ccc(C=NC2=NCN3C(/C=C/c4ccc(O)cc4)=Nc4ccccc4C3=N2)cc1. The summed E-state index contributed by atoms with van der Waals surface area (Å²) in [5.41, 5.74) is 3.54. The molecule has 7 heteroatoms. The Morgan fingerprint density at radius 1 is 0.781 bits per heavy atom. The summed E-state index contributed by atoms with van der Waals surface area (Å²) in [4.78, 5) is 20.3. The molecule has 0 saturated carbocycles. The van der Waals surface area contributed by atoms with Gasteiger partial charge in [0.05, 0.1) is 5.69 Å².